The van der Waals surface area contributed by atoms with Crippen LogP contribution < -0.4 is 5.32 Å². The maximum atomic E-state index is 6.52. The molecule has 0 radical (unpaired) electrons. The smallest absolute Gasteiger partial charge is 0.170 e. The highest BCUT2D eigenvalue weighted by atomic mass is 35.5. The summed E-state index contributed by atoms with van der Waals surface area (Å²) in [7, 11) is 0. The fourth-order valence-corrected chi connectivity index (χ4v) is 4.87. The summed E-state index contributed by atoms with van der Waals surface area (Å²) >= 11 is 12.2. The van der Waals surface area contributed by atoms with Crippen LogP contribution in [0.2, 0.25) is 5.02 Å². The molecule has 2 atom stereocenters. The molecule has 0 aliphatic carbocycles. The summed E-state index contributed by atoms with van der Waals surface area (Å²) in [6.07, 6.45) is 2.86. The number of benzene rings is 1. The van der Waals surface area contributed by atoms with Gasteiger partial charge in [0.2, 0.25) is 0 Å². The molecule has 1 N–H and O–H groups in total. The van der Waals surface area contributed by atoms with Gasteiger partial charge in [0.05, 0.1) is 28.5 Å². The fourth-order valence-electron chi connectivity index (χ4n) is 4.32. The number of hydrogen-bond acceptors (Lipinski definition) is 2. The summed E-state index contributed by atoms with van der Waals surface area (Å²) in [5, 5.41) is 5.05. The van der Waals surface area contributed by atoms with Crippen LogP contribution in [0, 0.1) is 13.8 Å². The van der Waals surface area contributed by atoms with Crippen molar-refractivity contribution in [2.45, 2.75) is 39.3 Å². The van der Waals surface area contributed by atoms with Gasteiger partial charge in [-0.05, 0) is 68.4 Å². The van der Waals surface area contributed by atoms with Crippen molar-refractivity contribution in [2.75, 3.05) is 6.54 Å². The highest BCUT2D eigenvalue weighted by Gasteiger charge is 2.40. The van der Waals surface area contributed by atoms with E-state index in [9.17, 15) is 0 Å². The van der Waals surface area contributed by atoms with E-state index >= 15 is 0 Å². The first kappa shape index (κ1) is 19.9. The molecule has 4 nitrogen and oxygen atoms in total. The van der Waals surface area contributed by atoms with E-state index in [-0.39, 0.29) is 12.1 Å². The van der Waals surface area contributed by atoms with Gasteiger partial charge in [0.25, 0.3) is 0 Å². The second-order valence-electron chi connectivity index (χ2n) is 7.43. The van der Waals surface area contributed by atoms with Gasteiger partial charge in [-0.1, -0.05) is 36.7 Å². The van der Waals surface area contributed by atoms with Crippen molar-refractivity contribution >= 4 is 28.9 Å². The Morgan fingerprint density at radius 1 is 1.14 bits per heavy atom. The van der Waals surface area contributed by atoms with Crippen LogP contribution in [0.3, 0.4) is 0 Å². The van der Waals surface area contributed by atoms with Gasteiger partial charge in [0.15, 0.2) is 5.11 Å². The third-order valence-corrected chi connectivity index (χ3v) is 6.22. The lowest BCUT2D eigenvalue weighted by molar-refractivity contribution is 0.316. The molecule has 0 amide bonds. The molecule has 3 heterocycles. The minimum absolute atomic E-state index is 0.00967. The van der Waals surface area contributed by atoms with Gasteiger partial charge in [-0.25, -0.2) is 0 Å². The molecule has 1 aromatic carbocycles. The van der Waals surface area contributed by atoms with Crippen LogP contribution in [0.1, 0.15) is 48.1 Å². The molecule has 1 aliphatic rings. The monoisotopic (exact) mass is 424 g/mol. The summed E-state index contributed by atoms with van der Waals surface area (Å²) in [6.45, 7) is 7.36. The minimum atomic E-state index is 0.00967. The number of pyridine rings is 1. The lowest BCUT2D eigenvalue weighted by atomic mass is 9.96. The van der Waals surface area contributed by atoms with Crippen molar-refractivity contribution in [3.05, 3.63) is 82.4 Å². The molecule has 1 saturated heterocycles. The van der Waals surface area contributed by atoms with Gasteiger partial charge in [-0.15, -0.1) is 0 Å². The van der Waals surface area contributed by atoms with Crippen LogP contribution in [0.25, 0.3) is 5.69 Å². The van der Waals surface area contributed by atoms with E-state index in [1.54, 1.807) is 0 Å². The van der Waals surface area contributed by atoms with Crippen LogP contribution >= 0.6 is 23.8 Å². The van der Waals surface area contributed by atoms with Crippen LogP contribution in [0.5, 0.6) is 0 Å². The third kappa shape index (κ3) is 3.53. The summed E-state index contributed by atoms with van der Waals surface area (Å²) in [5.41, 5.74) is 5.58. The van der Waals surface area contributed by atoms with Gasteiger partial charge in [-0.3, -0.25) is 4.98 Å². The first-order valence-corrected chi connectivity index (χ1v) is 10.7. The van der Waals surface area contributed by atoms with E-state index in [0.29, 0.717) is 0 Å². The zero-order valence-electron chi connectivity index (χ0n) is 16.9. The first-order chi connectivity index (χ1) is 14.0. The molecule has 4 rings (SSSR count). The zero-order valence-corrected chi connectivity index (χ0v) is 18.5. The highest BCUT2D eigenvalue weighted by molar-refractivity contribution is 7.80. The standard InChI is InChI=1S/C23H25ClN4S/c1-4-13-27-22(21(26-23(27)29)19-10-7-8-12-25-19)17-14-15(2)28(16(17)3)20-11-6-5-9-18(20)24/h5-12,14,21-22H,4,13H2,1-3H3,(H,26,29)/t21-,22-/m0/s1. The Morgan fingerprint density at radius 3 is 2.59 bits per heavy atom. The Bertz CT molecular complexity index is 1030. The largest absolute Gasteiger partial charge is 0.352 e. The van der Waals surface area contributed by atoms with E-state index in [4.69, 9.17) is 23.8 Å². The summed E-state index contributed by atoms with van der Waals surface area (Å²) in [5.74, 6) is 0. The van der Waals surface area contributed by atoms with Crippen LogP contribution in [0.4, 0.5) is 0 Å². The molecule has 0 saturated carbocycles. The van der Waals surface area contributed by atoms with E-state index in [2.05, 4.69) is 58.7 Å². The van der Waals surface area contributed by atoms with Gasteiger partial charge < -0.3 is 14.8 Å². The van der Waals surface area contributed by atoms with E-state index in [1.165, 1.54) is 11.3 Å². The van der Waals surface area contributed by atoms with Crippen molar-refractivity contribution < 1.29 is 0 Å². The Labute approximate surface area is 182 Å². The van der Waals surface area contributed by atoms with Gasteiger partial charge >= 0.3 is 0 Å². The molecular weight excluding hydrogens is 400 g/mol. The number of nitrogens with zero attached hydrogens (tertiary/aromatic N) is 3. The van der Waals surface area contributed by atoms with Gasteiger partial charge in [0, 0.05) is 24.1 Å². The number of halogens is 1. The maximum absolute atomic E-state index is 6.52. The minimum Gasteiger partial charge on any atom is -0.352 e. The van der Waals surface area contributed by atoms with E-state index in [0.717, 1.165) is 40.2 Å². The number of aromatic nitrogens is 2. The Kier molecular flexibility index (Phi) is 5.61. The lowest BCUT2D eigenvalue weighted by Gasteiger charge is -2.27. The normalized spacial score (nSPS) is 18.9. The van der Waals surface area contributed by atoms with Crippen molar-refractivity contribution in [3.63, 3.8) is 0 Å². The van der Waals surface area contributed by atoms with E-state index < -0.39 is 0 Å². The molecule has 29 heavy (non-hydrogen) atoms. The average molecular weight is 425 g/mol. The number of hydrogen-bond donors (Lipinski definition) is 1. The zero-order chi connectivity index (χ0) is 20.5. The molecule has 3 aromatic rings. The molecule has 0 bridgehead atoms. The molecule has 6 heteroatoms. The first-order valence-electron chi connectivity index (χ1n) is 9.94. The predicted molar refractivity (Wildman–Crippen MR) is 123 cm³/mol. The number of para-hydroxylation sites is 1. The van der Waals surface area contributed by atoms with Crippen LogP contribution in [-0.4, -0.2) is 26.1 Å². The van der Waals surface area contributed by atoms with Crippen molar-refractivity contribution in [1.82, 2.24) is 19.8 Å². The van der Waals surface area contributed by atoms with Crippen molar-refractivity contribution in [2.24, 2.45) is 0 Å². The molecule has 1 aliphatic heterocycles. The highest BCUT2D eigenvalue weighted by Crippen LogP contribution is 2.41. The number of thiocarbonyl (C=S) groups is 1. The fraction of sp³-hybridized carbons (Fsp3) is 0.304. The van der Waals surface area contributed by atoms with Crippen molar-refractivity contribution in [1.29, 1.82) is 0 Å². The Hall–Kier alpha value is -2.37. The Balaban J connectivity index is 1.85. The Morgan fingerprint density at radius 2 is 1.90 bits per heavy atom. The second kappa shape index (κ2) is 8.17. The quantitative estimate of drug-likeness (QED) is 0.546. The molecule has 150 valence electrons. The van der Waals surface area contributed by atoms with Crippen LogP contribution in [-0.2, 0) is 0 Å². The second-order valence-corrected chi connectivity index (χ2v) is 8.23. The summed E-state index contributed by atoms with van der Waals surface area (Å²) in [6, 6.07) is 16.4. The van der Waals surface area contributed by atoms with Crippen molar-refractivity contribution in [3.8, 4) is 5.69 Å². The third-order valence-electron chi connectivity index (χ3n) is 5.54. The SMILES string of the molecule is CCCN1C(=S)N[C@@H](c2ccccn2)[C@@H]1c1cc(C)n(-c2ccccc2Cl)c1C. The predicted octanol–water partition coefficient (Wildman–Crippen LogP) is 5.53. The number of aryl methyl sites for hydroxylation is 1. The number of nitrogens with one attached hydrogen (secondary N) is 1. The summed E-state index contributed by atoms with van der Waals surface area (Å²) in [4.78, 5) is 6.92. The molecule has 0 unspecified atom stereocenters. The molecule has 0 spiro atoms. The summed E-state index contributed by atoms with van der Waals surface area (Å²) < 4.78 is 2.23. The lowest BCUT2D eigenvalue weighted by Crippen LogP contribution is -2.30. The topological polar surface area (TPSA) is 33.1 Å². The van der Waals surface area contributed by atoms with Crippen LogP contribution in [0.15, 0.2) is 54.7 Å². The number of rotatable bonds is 5. The van der Waals surface area contributed by atoms with E-state index in [1.807, 2.05) is 36.5 Å². The van der Waals surface area contributed by atoms with Gasteiger partial charge in [0.1, 0.15) is 0 Å². The molecule has 1 fully saturated rings. The van der Waals surface area contributed by atoms with Gasteiger partial charge in [-0.2, -0.15) is 0 Å². The molecular formula is C23H25ClN4S. The average Bonchev–Trinajstić information content (AvgIpc) is 3.19. The maximum Gasteiger partial charge on any atom is 0.170 e. The molecule has 2 aromatic heterocycles.